The van der Waals surface area contributed by atoms with Crippen LogP contribution < -0.4 is 24.8 Å². The first-order valence-electron chi connectivity index (χ1n) is 10.4. The minimum absolute atomic E-state index is 0. The molecule has 0 aromatic carbocycles. The van der Waals surface area contributed by atoms with Crippen molar-refractivity contribution in [1.82, 2.24) is 0 Å². The largest absolute Gasteiger partial charge is 1.00 e. The summed E-state index contributed by atoms with van der Waals surface area (Å²) in [6.45, 7) is 6.33. The molecule has 4 aliphatic rings. The Hall–Kier alpha value is -0.949. The van der Waals surface area contributed by atoms with Gasteiger partial charge < -0.3 is 33.4 Å². The van der Waals surface area contributed by atoms with Gasteiger partial charge >= 0.3 is 8.84 Å². The summed E-state index contributed by atoms with van der Waals surface area (Å²) in [5.41, 5.74) is 5.67. The predicted octanol–water partition coefficient (Wildman–Crippen LogP) is 0.185. The molecule has 0 saturated carbocycles. The van der Waals surface area contributed by atoms with Crippen LogP contribution in [0.15, 0.2) is 92.8 Å². The van der Waals surface area contributed by atoms with E-state index in [0.29, 0.717) is 16.1 Å². The van der Waals surface area contributed by atoms with E-state index in [1.165, 1.54) is 5.57 Å². The van der Waals surface area contributed by atoms with Gasteiger partial charge in [-0.15, -0.1) is 0 Å². The molecule has 0 aromatic heterocycles. The van der Waals surface area contributed by atoms with Gasteiger partial charge in [-0.2, -0.15) is 8.78 Å². The van der Waals surface area contributed by atoms with E-state index in [1.54, 1.807) is 6.08 Å². The van der Waals surface area contributed by atoms with Crippen molar-refractivity contribution in [3.63, 3.8) is 0 Å². The second-order valence-corrected chi connectivity index (χ2v) is 12.1. The van der Waals surface area contributed by atoms with Gasteiger partial charge in [0.15, 0.2) is 0 Å². The maximum atomic E-state index is 13.6. The summed E-state index contributed by atoms with van der Waals surface area (Å²) in [5, 5.41) is 0.952. The molecule has 8 heteroatoms. The first-order chi connectivity index (χ1) is 14.0. The van der Waals surface area contributed by atoms with Gasteiger partial charge in [0, 0.05) is 38.9 Å². The molecule has 0 amide bonds. The number of hydrogen-bond acceptors (Lipinski definition) is 1. The van der Waals surface area contributed by atoms with Crippen molar-refractivity contribution >= 4 is 8.84 Å². The molecule has 0 spiro atoms. The van der Waals surface area contributed by atoms with Crippen molar-refractivity contribution in [1.29, 1.82) is 0 Å². The maximum absolute atomic E-state index is 13.6. The number of allylic oxidation sites excluding steroid dienone is 15. The smallest absolute Gasteiger partial charge is 0.587 e. The Labute approximate surface area is 224 Å². The Morgan fingerprint density at radius 2 is 1.64 bits per heavy atom. The molecule has 0 N–H and O–H groups in total. The number of hydrogen-bond donors (Lipinski definition) is 0. The molecule has 4 aliphatic carbocycles. The Balaban J connectivity index is 0.00000181. The van der Waals surface area contributed by atoms with Crippen LogP contribution in [-0.4, -0.2) is 32.6 Å². The molecule has 0 heterocycles. The minimum Gasteiger partial charge on any atom is -1.00 e. The van der Waals surface area contributed by atoms with Gasteiger partial charge in [0.25, 0.3) is 6.08 Å². The van der Waals surface area contributed by atoms with Crippen molar-refractivity contribution in [3.8, 4) is 0 Å². The fourth-order valence-electron chi connectivity index (χ4n) is 4.30. The van der Waals surface area contributed by atoms with Crippen molar-refractivity contribution < 1.29 is 63.9 Å². The molecule has 0 aromatic rings. The summed E-state index contributed by atoms with van der Waals surface area (Å²) in [5.74, 6) is 0. The molecule has 33 heavy (non-hydrogen) atoms. The predicted molar refractivity (Wildman–Crippen MR) is 118 cm³/mol. The molecule has 2 nitrogen and oxygen atoms in total. The molecule has 0 atom stereocenters. The SMILES string of the molecule is CC(C)(C)[N+](C)(C)[Si](=O)C1=CC=C2CC=CC3=C4C(=CC3=C2C1)C=CCC4=C(F)F.[Cl-].[Cl-].[Ti]. The molecule has 0 fully saturated rings. The van der Waals surface area contributed by atoms with Crippen LogP contribution in [0.3, 0.4) is 0 Å². The summed E-state index contributed by atoms with van der Waals surface area (Å²) >= 11 is 0. The molecule has 176 valence electrons. The van der Waals surface area contributed by atoms with Crippen molar-refractivity contribution in [2.24, 2.45) is 0 Å². The molecular formula is C25H28Cl2F2NOSiTi-. The molecule has 0 unspecified atom stereocenters. The van der Waals surface area contributed by atoms with Gasteiger partial charge in [-0.3, -0.25) is 0 Å². The topological polar surface area (TPSA) is 17.1 Å². The second-order valence-electron chi connectivity index (χ2n) is 9.72. The zero-order valence-electron chi connectivity index (χ0n) is 19.5. The summed E-state index contributed by atoms with van der Waals surface area (Å²) in [6, 6.07) is 0. The molecule has 0 aliphatic heterocycles. The third kappa shape index (κ3) is 5.19. The van der Waals surface area contributed by atoms with Crippen molar-refractivity contribution in [2.45, 2.75) is 45.6 Å². The number of halogens is 4. The third-order valence-corrected chi connectivity index (χ3v) is 9.52. The summed E-state index contributed by atoms with van der Waals surface area (Å²) in [4.78, 5) is 0. The van der Waals surface area contributed by atoms with Gasteiger partial charge in [-0.05, 0) is 73.1 Å². The monoisotopic (exact) mass is 542 g/mol. The fourth-order valence-corrected chi connectivity index (χ4v) is 6.18. The van der Waals surface area contributed by atoms with E-state index in [9.17, 15) is 13.2 Å². The van der Waals surface area contributed by atoms with Crippen molar-refractivity contribution in [2.75, 3.05) is 14.1 Å². The Bertz CT molecular complexity index is 1110. The normalized spacial score (nSPS) is 19.0. The second kappa shape index (κ2) is 10.8. The minimum atomic E-state index is -2.09. The summed E-state index contributed by atoms with van der Waals surface area (Å²) < 4.78 is 41.3. The number of quaternary nitrogens is 1. The standard InChI is InChI=1S/C25H28F2NOSi.2ClH.Ti/c1-25(2,3)28(4,5)30(29)18-13-12-16-8-6-10-19-22(21(16)15-18)14-17-9-7-11-20(23(17)19)24(26)27;;;/h6-7,9-10,12-14H,8,11,15H2,1-5H3;2*1H;/q+1;;;/p-2. The molecule has 4 rings (SSSR count). The van der Waals surface area contributed by atoms with Crippen LogP contribution >= 0.6 is 0 Å². The summed E-state index contributed by atoms with van der Waals surface area (Å²) in [7, 11) is 1.96. The van der Waals surface area contributed by atoms with E-state index >= 15 is 0 Å². The Morgan fingerprint density at radius 3 is 2.24 bits per heavy atom. The zero-order valence-corrected chi connectivity index (χ0v) is 23.6. The first kappa shape index (κ1) is 30.1. The van der Waals surface area contributed by atoms with Crippen molar-refractivity contribution in [3.05, 3.63) is 92.8 Å². The van der Waals surface area contributed by atoms with Crippen LogP contribution in [0.1, 0.15) is 40.0 Å². The summed E-state index contributed by atoms with van der Waals surface area (Å²) in [6.07, 6.45) is 13.9. The average molecular weight is 543 g/mol. The van der Waals surface area contributed by atoms with Gasteiger partial charge in [-0.25, -0.2) is 0 Å². The Kier molecular flexibility index (Phi) is 9.81. The first-order valence-corrected chi connectivity index (χ1v) is 11.7. The van der Waals surface area contributed by atoms with E-state index in [-0.39, 0.29) is 64.1 Å². The van der Waals surface area contributed by atoms with Crippen LogP contribution in [0.2, 0.25) is 0 Å². The van der Waals surface area contributed by atoms with E-state index in [4.69, 9.17) is 0 Å². The van der Waals surface area contributed by atoms with E-state index < -0.39 is 14.9 Å². The van der Waals surface area contributed by atoms with E-state index in [1.807, 2.05) is 38.4 Å². The van der Waals surface area contributed by atoms with Crippen LogP contribution in [0.5, 0.6) is 0 Å². The average Bonchev–Trinajstić information content (AvgIpc) is 2.95. The number of rotatable bonds is 2. The van der Waals surface area contributed by atoms with Crippen LogP contribution in [-0.2, 0) is 26.2 Å². The van der Waals surface area contributed by atoms with E-state index in [2.05, 4.69) is 32.9 Å². The maximum Gasteiger partial charge on any atom is 0.587 e. The quantitative estimate of drug-likeness (QED) is 0.455. The molecule has 0 bridgehead atoms. The zero-order chi connectivity index (χ0) is 21.8. The number of fused-ring (bicyclic) bond motifs is 3. The fraction of sp³-hybridized carbons (Fsp3) is 0.360. The molecule has 0 radical (unpaired) electrons. The molecular weight excluding hydrogens is 515 g/mol. The number of nitrogens with zero attached hydrogens (tertiary/aromatic N) is 1. The van der Waals surface area contributed by atoms with Gasteiger partial charge in [0.05, 0.1) is 19.6 Å². The third-order valence-electron chi connectivity index (χ3n) is 6.94. The van der Waals surface area contributed by atoms with Gasteiger partial charge in [0.1, 0.15) is 0 Å². The van der Waals surface area contributed by atoms with Crippen LogP contribution in [0, 0.1) is 0 Å². The molecule has 0 saturated heterocycles. The van der Waals surface area contributed by atoms with E-state index in [0.717, 1.165) is 33.9 Å². The van der Waals surface area contributed by atoms with Crippen LogP contribution in [0.25, 0.3) is 0 Å². The Morgan fingerprint density at radius 1 is 1.00 bits per heavy atom. The van der Waals surface area contributed by atoms with Gasteiger partial charge in [-0.1, -0.05) is 36.5 Å². The van der Waals surface area contributed by atoms with Crippen LogP contribution in [0.4, 0.5) is 8.78 Å². The van der Waals surface area contributed by atoms with Gasteiger partial charge in [0.2, 0.25) is 0 Å².